The first-order chi connectivity index (χ1) is 14.7. The van der Waals surface area contributed by atoms with E-state index in [9.17, 15) is 4.79 Å². The van der Waals surface area contributed by atoms with E-state index >= 15 is 0 Å². The van der Waals surface area contributed by atoms with E-state index in [4.69, 9.17) is 0 Å². The highest BCUT2D eigenvalue weighted by Crippen LogP contribution is 2.25. The lowest BCUT2D eigenvalue weighted by Gasteiger charge is -2.18. The van der Waals surface area contributed by atoms with Gasteiger partial charge < -0.3 is 10.6 Å². The number of carbonyl (C=O) groups excluding carboxylic acids is 1. The van der Waals surface area contributed by atoms with Crippen LogP contribution in [0.3, 0.4) is 0 Å². The quantitative estimate of drug-likeness (QED) is 0.483. The zero-order valence-electron chi connectivity index (χ0n) is 18.9. The maximum absolute atomic E-state index is 12.6. The van der Waals surface area contributed by atoms with Gasteiger partial charge in [-0.2, -0.15) is 0 Å². The van der Waals surface area contributed by atoms with Gasteiger partial charge in [0.2, 0.25) is 5.91 Å². The molecule has 0 aliphatic carbocycles. The molecule has 5 nitrogen and oxygen atoms in total. The molecule has 0 atom stereocenters. The van der Waals surface area contributed by atoms with E-state index in [0.29, 0.717) is 5.82 Å². The molecule has 1 amide bonds. The van der Waals surface area contributed by atoms with Crippen LogP contribution in [0.5, 0.6) is 0 Å². The summed E-state index contributed by atoms with van der Waals surface area (Å²) in [5.41, 5.74) is 5.97. The van der Waals surface area contributed by atoms with E-state index < -0.39 is 0 Å². The third-order valence-electron chi connectivity index (χ3n) is 5.03. The predicted octanol–water partition coefficient (Wildman–Crippen LogP) is 6.04. The first-order valence-electron chi connectivity index (χ1n) is 10.5. The predicted molar refractivity (Wildman–Crippen MR) is 129 cm³/mol. The molecule has 2 N–H and O–H groups in total. The van der Waals surface area contributed by atoms with Crippen molar-refractivity contribution < 1.29 is 4.79 Å². The molecule has 1 heterocycles. The van der Waals surface area contributed by atoms with Crippen LogP contribution in [-0.2, 0) is 16.6 Å². The van der Waals surface area contributed by atoms with E-state index in [1.54, 1.807) is 6.08 Å². The van der Waals surface area contributed by atoms with Gasteiger partial charge in [0.25, 0.3) is 0 Å². The number of hydrogen-bond acceptors (Lipinski definition) is 4. The molecule has 3 rings (SSSR count). The largest absolute Gasteiger partial charge is 0.340 e. The monoisotopic (exact) mass is 414 g/mol. The van der Waals surface area contributed by atoms with Gasteiger partial charge in [-0.3, -0.25) is 4.79 Å². The number of anilines is 3. The molecule has 0 bridgehead atoms. The van der Waals surface area contributed by atoms with Crippen LogP contribution in [0.2, 0.25) is 0 Å². The molecule has 0 radical (unpaired) electrons. The van der Waals surface area contributed by atoms with Crippen molar-refractivity contribution in [3.63, 3.8) is 0 Å². The molecule has 0 saturated heterocycles. The van der Waals surface area contributed by atoms with Gasteiger partial charge in [0, 0.05) is 29.2 Å². The number of rotatable bonds is 6. The summed E-state index contributed by atoms with van der Waals surface area (Å²) in [5, 5.41) is 6.27. The number of hydrogen-bond donors (Lipinski definition) is 2. The van der Waals surface area contributed by atoms with E-state index in [-0.39, 0.29) is 11.3 Å². The van der Waals surface area contributed by atoms with Crippen LogP contribution >= 0.6 is 0 Å². The first kappa shape index (κ1) is 22.2. The molecule has 0 aliphatic rings. The highest BCUT2D eigenvalue weighted by atomic mass is 16.1. The SMILES string of the molecule is CCc1ccc(Nc2cc(C)ncn2)cc1NC(=O)/C=C/c1ccc(C(C)(C)C)cc1. The summed E-state index contributed by atoms with van der Waals surface area (Å²) in [6.07, 6.45) is 5.75. The van der Waals surface area contributed by atoms with E-state index in [0.717, 1.165) is 34.6 Å². The number of amides is 1. The molecule has 1 aromatic heterocycles. The molecule has 2 aromatic carbocycles. The zero-order chi connectivity index (χ0) is 22.4. The molecule has 0 spiro atoms. The van der Waals surface area contributed by atoms with Crippen molar-refractivity contribution in [2.75, 3.05) is 10.6 Å². The summed E-state index contributed by atoms with van der Waals surface area (Å²) in [6, 6.07) is 16.1. The molecule has 5 heteroatoms. The smallest absolute Gasteiger partial charge is 0.248 e. The third-order valence-corrected chi connectivity index (χ3v) is 5.03. The van der Waals surface area contributed by atoms with Crippen molar-refractivity contribution >= 4 is 29.2 Å². The van der Waals surface area contributed by atoms with Crippen molar-refractivity contribution in [1.29, 1.82) is 0 Å². The summed E-state index contributed by atoms with van der Waals surface area (Å²) >= 11 is 0. The second-order valence-electron chi connectivity index (χ2n) is 8.59. The van der Waals surface area contributed by atoms with Crippen LogP contribution in [0.1, 0.15) is 50.1 Å². The van der Waals surface area contributed by atoms with Crippen LogP contribution in [0.4, 0.5) is 17.2 Å². The van der Waals surface area contributed by atoms with Crippen molar-refractivity contribution in [3.05, 3.63) is 83.3 Å². The first-order valence-corrected chi connectivity index (χ1v) is 10.5. The van der Waals surface area contributed by atoms with Crippen LogP contribution < -0.4 is 10.6 Å². The standard InChI is InChI=1S/C26H30N4O/c1-6-20-10-13-22(29-24-15-18(2)27-17-28-24)16-23(20)30-25(31)14-9-19-7-11-21(12-8-19)26(3,4)5/h7-17H,6H2,1-5H3,(H,30,31)(H,27,28,29)/b14-9+. The lowest BCUT2D eigenvalue weighted by Crippen LogP contribution is -2.11. The Morgan fingerprint density at radius 3 is 2.42 bits per heavy atom. The Morgan fingerprint density at radius 2 is 1.77 bits per heavy atom. The van der Waals surface area contributed by atoms with Crippen molar-refractivity contribution in [3.8, 4) is 0 Å². The number of benzene rings is 2. The Hall–Kier alpha value is -3.47. The minimum absolute atomic E-state index is 0.111. The molecule has 31 heavy (non-hydrogen) atoms. The number of nitrogens with one attached hydrogen (secondary N) is 2. The molecular weight excluding hydrogens is 384 g/mol. The summed E-state index contributed by atoms with van der Waals surface area (Å²) in [6.45, 7) is 10.5. The molecular formula is C26H30N4O. The van der Waals surface area contributed by atoms with Crippen molar-refractivity contribution in [2.24, 2.45) is 0 Å². The molecule has 0 fully saturated rings. The van der Waals surface area contributed by atoms with Crippen LogP contribution in [0.15, 0.2) is 60.9 Å². The fourth-order valence-corrected chi connectivity index (χ4v) is 3.19. The number of carbonyl (C=O) groups is 1. The molecule has 0 unspecified atom stereocenters. The minimum Gasteiger partial charge on any atom is -0.340 e. The van der Waals surface area contributed by atoms with Crippen molar-refractivity contribution in [2.45, 2.75) is 46.5 Å². The van der Waals surface area contributed by atoms with Gasteiger partial charge in [0.1, 0.15) is 12.1 Å². The number of nitrogens with zero attached hydrogens (tertiary/aromatic N) is 2. The van der Waals surface area contributed by atoms with Gasteiger partial charge in [-0.1, -0.05) is 58.0 Å². The average molecular weight is 415 g/mol. The van der Waals surface area contributed by atoms with Gasteiger partial charge in [0.05, 0.1) is 0 Å². The Morgan fingerprint density at radius 1 is 1.03 bits per heavy atom. The number of aryl methyl sites for hydroxylation is 2. The maximum atomic E-state index is 12.6. The van der Waals surface area contributed by atoms with Crippen molar-refractivity contribution in [1.82, 2.24) is 9.97 Å². The van der Waals surface area contributed by atoms with Crippen LogP contribution in [0.25, 0.3) is 6.08 Å². The van der Waals surface area contributed by atoms with Gasteiger partial charge in [0.15, 0.2) is 0 Å². The topological polar surface area (TPSA) is 66.9 Å². The number of aromatic nitrogens is 2. The second-order valence-corrected chi connectivity index (χ2v) is 8.59. The minimum atomic E-state index is -0.162. The highest BCUT2D eigenvalue weighted by Gasteiger charge is 2.12. The highest BCUT2D eigenvalue weighted by molar-refractivity contribution is 6.02. The summed E-state index contributed by atoms with van der Waals surface area (Å²) in [4.78, 5) is 20.9. The van der Waals surface area contributed by atoms with Gasteiger partial charge >= 0.3 is 0 Å². The fourth-order valence-electron chi connectivity index (χ4n) is 3.19. The van der Waals surface area contributed by atoms with Gasteiger partial charge in [-0.15, -0.1) is 0 Å². The second kappa shape index (κ2) is 9.56. The molecule has 0 saturated carbocycles. The van der Waals surface area contributed by atoms with Gasteiger partial charge in [-0.25, -0.2) is 9.97 Å². The van der Waals surface area contributed by atoms with Crippen LogP contribution in [0, 0.1) is 6.92 Å². The zero-order valence-corrected chi connectivity index (χ0v) is 18.9. The summed E-state index contributed by atoms with van der Waals surface area (Å²) < 4.78 is 0. The Bertz CT molecular complexity index is 1080. The van der Waals surface area contributed by atoms with Gasteiger partial charge in [-0.05, 0) is 53.7 Å². The van der Waals surface area contributed by atoms with E-state index in [1.165, 1.54) is 11.9 Å². The Balaban J connectivity index is 1.71. The third kappa shape index (κ3) is 6.25. The Labute approximate surface area is 184 Å². The lowest BCUT2D eigenvalue weighted by atomic mass is 9.87. The average Bonchev–Trinajstić information content (AvgIpc) is 2.72. The lowest BCUT2D eigenvalue weighted by molar-refractivity contribution is -0.111. The normalized spacial score (nSPS) is 11.5. The molecule has 0 aliphatic heterocycles. The van der Waals surface area contributed by atoms with E-state index in [1.807, 2.05) is 49.4 Å². The Kier molecular flexibility index (Phi) is 6.85. The summed E-state index contributed by atoms with van der Waals surface area (Å²) in [5.74, 6) is 0.553. The summed E-state index contributed by atoms with van der Waals surface area (Å²) in [7, 11) is 0. The molecule has 3 aromatic rings. The molecule has 160 valence electrons. The maximum Gasteiger partial charge on any atom is 0.248 e. The fraction of sp³-hybridized carbons (Fsp3) is 0.269. The van der Waals surface area contributed by atoms with Crippen LogP contribution in [-0.4, -0.2) is 15.9 Å². The van der Waals surface area contributed by atoms with E-state index in [2.05, 4.69) is 60.4 Å².